The lowest BCUT2D eigenvalue weighted by Crippen LogP contribution is -3.13. The van der Waals surface area contributed by atoms with E-state index in [4.69, 9.17) is 0 Å². The molecule has 0 aromatic heterocycles. The summed E-state index contributed by atoms with van der Waals surface area (Å²) >= 11 is 0. The third kappa shape index (κ3) is 4.58. The van der Waals surface area contributed by atoms with Crippen molar-refractivity contribution in [3.63, 3.8) is 0 Å². The van der Waals surface area contributed by atoms with Gasteiger partial charge in [0.15, 0.2) is 6.54 Å². The quantitative estimate of drug-likeness (QED) is 0.762. The molecule has 1 heterocycles. The predicted octanol–water partition coefficient (Wildman–Crippen LogP) is 1.36. The highest BCUT2D eigenvalue weighted by Gasteiger charge is 2.19. The number of carbonyl (C=O) groups is 2. The summed E-state index contributed by atoms with van der Waals surface area (Å²) in [5, 5.41) is 5.47. The van der Waals surface area contributed by atoms with Crippen molar-refractivity contribution < 1.29 is 14.5 Å². The Kier molecular flexibility index (Phi) is 5.81. The minimum absolute atomic E-state index is 0.0365. The molecule has 0 bridgehead atoms. The molecule has 0 saturated heterocycles. The van der Waals surface area contributed by atoms with Crippen LogP contribution < -0.4 is 15.5 Å². The van der Waals surface area contributed by atoms with E-state index in [1.54, 1.807) is 31.3 Å². The number of carbonyl (C=O) groups excluding carboxylic acids is 2. The van der Waals surface area contributed by atoms with Crippen molar-refractivity contribution in [2.45, 2.75) is 6.42 Å². The van der Waals surface area contributed by atoms with Gasteiger partial charge in [-0.1, -0.05) is 36.4 Å². The van der Waals surface area contributed by atoms with Gasteiger partial charge in [0.2, 0.25) is 0 Å². The van der Waals surface area contributed by atoms with E-state index in [-0.39, 0.29) is 11.8 Å². The molecule has 0 fully saturated rings. The summed E-state index contributed by atoms with van der Waals surface area (Å²) < 4.78 is 0. The molecule has 3 rings (SSSR count). The fourth-order valence-electron chi connectivity index (χ4n) is 3.17. The van der Waals surface area contributed by atoms with Crippen molar-refractivity contribution in [1.82, 2.24) is 5.32 Å². The highest BCUT2D eigenvalue weighted by molar-refractivity contribution is 5.97. The Labute approximate surface area is 153 Å². The van der Waals surface area contributed by atoms with Crippen LogP contribution in [0.2, 0.25) is 0 Å². The van der Waals surface area contributed by atoms with Crippen LogP contribution in [0.1, 0.15) is 22.3 Å². The largest absolute Gasteiger partial charge is 0.355 e. The second-order valence-corrected chi connectivity index (χ2v) is 6.43. The molecule has 2 aromatic rings. The predicted molar refractivity (Wildman–Crippen MR) is 103 cm³/mol. The second-order valence-electron chi connectivity index (χ2n) is 6.43. The maximum atomic E-state index is 12.3. The summed E-state index contributed by atoms with van der Waals surface area (Å²) in [6, 6.07) is 17.4. The first-order valence-corrected chi connectivity index (χ1v) is 8.85. The SMILES string of the molecule is CNC(=O)c1cccc(NC(=O)C[NH+]2CC=C(c3ccccc3)CC2)c1. The van der Waals surface area contributed by atoms with Gasteiger partial charge >= 0.3 is 0 Å². The molecule has 26 heavy (non-hydrogen) atoms. The van der Waals surface area contributed by atoms with E-state index in [0.717, 1.165) is 19.5 Å². The van der Waals surface area contributed by atoms with E-state index in [1.807, 2.05) is 6.07 Å². The first-order chi connectivity index (χ1) is 12.7. The van der Waals surface area contributed by atoms with E-state index in [9.17, 15) is 9.59 Å². The molecule has 0 spiro atoms. The maximum Gasteiger partial charge on any atom is 0.279 e. The Balaban J connectivity index is 1.55. The van der Waals surface area contributed by atoms with Crippen molar-refractivity contribution in [3.05, 3.63) is 71.8 Å². The number of benzene rings is 2. The van der Waals surface area contributed by atoms with Crippen molar-refractivity contribution in [3.8, 4) is 0 Å². The molecule has 1 atom stereocenters. The number of nitrogens with one attached hydrogen (secondary N) is 3. The topological polar surface area (TPSA) is 62.6 Å². The second kappa shape index (κ2) is 8.45. The summed E-state index contributed by atoms with van der Waals surface area (Å²) in [6.07, 6.45) is 3.20. The summed E-state index contributed by atoms with van der Waals surface area (Å²) in [5.74, 6) is -0.202. The van der Waals surface area contributed by atoms with Gasteiger partial charge in [-0.25, -0.2) is 0 Å². The number of hydrogen-bond donors (Lipinski definition) is 3. The molecule has 134 valence electrons. The summed E-state index contributed by atoms with van der Waals surface area (Å²) in [4.78, 5) is 25.3. The lowest BCUT2D eigenvalue weighted by molar-refractivity contribution is -0.886. The van der Waals surface area contributed by atoms with Gasteiger partial charge in [-0.3, -0.25) is 9.59 Å². The van der Waals surface area contributed by atoms with Crippen LogP contribution in [0.25, 0.3) is 5.57 Å². The highest BCUT2D eigenvalue weighted by atomic mass is 16.2. The molecular weight excluding hydrogens is 326 g/mol. The van der Waals surface area contributed by atoms with Crippen LogP contribution in [0.3, 0.4) is 0 Å². The molecule has 2 aromatic carbocycles. The van der Waals surface area contributed by atoms with Crippen LogP contribution in [0.15, 0.2) is 60.7 Å². The number of amides is 2. The fraction of sp³-hybridized carbons (Fsp3) is 0.238. The van der Waals surface area contributed by atoms with Gasteiger partial charge in [-0.15, -0.1) is 0 Å². The van der Waals surface area contributed by atoms with Crippen LogP contribution in [-0.4, -0.2) is 38.5 Å². The van der Waals surface area contributed by atoms with Crippen molar-refractivity contribution >= 4 is 23.1 Å². The van der Waals surface area contributed by atoms with E-state index in [0.29, 0.717) is 17.8 Å². The minimum Gasteiger partial charge on any atom is -0.355 e. The molecule has 2 amide bonds. The van der Waals surface area contributed by atoms with Gasteiger partial charge in [0, 0.05) is 24.7 Å². The van der Waals surface area contributed by atoms with E-state index in [1.165, 1.54) is 16.0 Å². The Bertz CT molecular complexity index is 815. The maximum absolute atomic E-state index is 12.3. The lowest BCUT2D eigenvalue weighted by Gasteiger charge is -2.23. The average Bonchev–Trinajstić information content (AvgIpc) is 2.68. The molecule has 5 heteroatoms. The molecule has 1 unspecified atom stereocenters. The van der Waals surface area contributed by atoms with Gasteiger partial charge in [0.25, 0.3) is 11.8 Å². The summed E-state index contributed by atoms with van der Waals surface area (Å²) in [6.45, 7) is 2.20. The fourth-order valence-corrected chi connectivity index (χ4v) is 3.17. The minimum atomic E-state index is -0.165. The molecule has 1 aliphatic heterocycles. The zero-order chi connectivity index (χ0) is 18.4. The van der Waals surface area contributed by atoms with Crippen LogP contribution in [0.4, 0.5) is 5.69 Å². The van der Waals surface area contributed by atoms with Crippen LogP contribution >= 0.6 is 0 Å². The molecule has 0 saturated carbocycles. The zero-order valence-electron chi connectivity index (χ0n) is 14.9. The Morgan fingerprint density at radius 3 is 2.58 bits per heavy atom. The summed E-state index contributed by atoms with van der Waals surface area (Å²) in [5.41, 5.74) is 3.80. The van der Waals surface area contributed by atoms with Crippen molar-refractivity contribution in [2.24, 2.45) is 0 Å². The monoisotopic (exact) mass is 350 g/mol. The van der Waals surface area contributed by atoms with Crippen LogP contribution in [0.5, 0.6) is 0 Å². The molecule has 0 radical (unpaired) electrons. The number of rotatable bonds is 5. The van der Waals surface area contributed by atoms with Gasteiger partial charge in [-0.05, 0) is 35.4 Å². The smallest absolute Gasteiger partial charge is 0.279 e. The molecular formula is C21H24N3O2+. The highest BCUT2D eigenvalue weighted by Crippen LogP contribution is 2.17. The molecule has 5 nitrogen and oxygen atoms in total. The molecule has 0 aliphatic carbocycles. The Morgan fingerprint density at radius 1 is 1.08 bits per heavy atom. The number of quaternary nitrogens is 1. The first kappa shape index (κ1) is 17.9. The first-order valence-electron chi connectivity index (χ1n) is 8.85. The molecule has 3 N–H and O–H groups in total. The standard InChI is InChI=1S/C21H23N3O2/c1-22-21(26)18-8-5-9-19(14-18)23-20(25)15-24-12-10-17(11-13-24)16-6-3-2-4-7-16/h2-10,14H,11-13,15H2,1H3,(H,22,26)(H,23,25)/p+1. The van der Waals surface area contributed by atoms with Crippen LogP contribution in [-0.2, 0) is 4.79 Å². The van der Waals surface area contributed by atoms with Gasteiger partial charge in [0.05, 0.1) is 13.1 Å². The van der Waals surface area contributed by atoms with E-state index < -0.39 is 0 Å². The number of hydrogen-bond acceptors (Lipinski definition) is 2. The average molecular weight is 350 g/mol. The third-order valence-corrected chi connectivity index (χ3v) is 4.58. The van der Waals surface area contributed by atoms with E-state index >= 15 is 0 Å². The van der Waals surface area contributed by atoms with Gasteiger partial charge in [-0.2, -0.15) is 0 Å². The Morgan fingerprint density at radius 2 is 1.88 bits per heavy atom. The van der Waals surface area contributed by atoms with Crippen LogP contribution in [0, 0.1) is 0 Å². The normalized spacial score (nSPS) is 16.5. The van der Waals surface area contributed by atoms with Crippen molar-refractivity contribution in [1.29, 1.82) is 0 Å². The van der Waals surface area contributed by atoms with Gasteiger partial charge in [0.1, 0.15) is 0 Å². The van der Waals surface area contributed by atoms with E-state index in [2.05, 4.69) is 41.0 Å². The third-order valence-electron chi connectivity index (χ3n) is 4.58. The summed E-state index contributed by atoms with van der Waals surface area (Å²) in [7, 11) is 1.59. The Hall–Kier alpha value is -2.92. The van der Waals surface area contributed by atoms with Crippen molar-refractivity contribution in [2.75, 3.05) is 32.0 Å². The number of anilines is 1. The van der Waals surface area contributed by atoms with Gasteiger partial charge < -0.3 is 15.5 Å². The molecule has 1 aliphatic rings. The zero-order valence-corrected chi connectivity index (χ0v) is 14.9. The lowest BCUT2D eigenvalue weighted by atomic mass is 10.00.